The highest BCUT2D eigenvalue weighted by molar-refractivity contribution is 6.31. The van der Waals surface area contributed by atoms with Crippen LogP contribution in [0.3, 0.4) is 0 Å². The zero-order valence-corrected chi connectivity index (χ0v) is 17.6. The van der Waals surface area contributed by atoms with E-state index in [1.807, 2.05) is 0 Å². The lowest BCUT2D eigenvalue weighted by molar-refractivity contribution is 0.104. The van der Waals surface area contributed by atoms with Gasteiger partial charge >= 0.3 is 0 Å². The number of piperidine rings is 1. The minimum Gasteiger partial charge on any atom is -0.378 e. The first-order valence-electron chi connectivity index (χ1n) is 9.98. The fourth-order valence-corrected chi connectivity index (χ4v) is 4.12. The summed E-state index contributed by atoms with van der Waals surface area (Å²) in [7, 11) is 0. The summed E-state index contributed by atoms with van der Waals surface area (Å²) < 4.78 is 5.70. The SMILES string of the molecule is Cl.Clc1cnc(Nc2ccc(C3CCNCC3)cc2)nc1CC[C@H]1CCCO1. The number of nitrogens with one attached hydrogen (secondary N) is 2. The summed E-state index contributed by atoms with van der Waals surface area (Å²) in [6.07, 6.45) is 8.51. The Morgan fingerprint density at radius 2 is 1.93 bits per heavy atom. The van der Waals surface area contributed by atoms with Gasteiger partial charge < -0.3 is 15.4 Å². The van der Waals surface area contributed by atoms with Crippen LogP contribution < -0.4 is 10.6 Å². The fourth-order valence-electron chi connectivity index (χ4n) is 3.93. The highest BCUT2D eigenvalue weighted by Gasteiger charge is 2.17. The lowest BCUT2D eigenvalue weighted by Crippen LogP contribution is -2.26. The van der Waals surface area contributed by atoms with Gasteiger partial charge in [0.15, 0.2) is 0 Å². The van der Waals surface area contributed by atoms with E-state index in [4.69, 9.17) is 16.3 Å². The lowest BCUT2D eigenvalue weighted by atomic mass is 9.90. The molecule has 0 bridgehead atoms. The van der Waals surface area contributed by atoms with Gasteiger partial charge in [-0.3, -0.25) is 0 Å². The molecule has 0 saturated carbocycles. The monoisotopic (exact) mass is 422 g/mol. The molecule has 1 aromatic carbocycles. The van der Waals surface area contributed by atoms with Crippen molar-refractivity contribution in [2.75, 3.05) is 25.0 Å². The number of nitrogens with zero attached hydrogens (tertiary/aromatic N) is 2. The van der Waals surface area contributed by atoms with E-state index in [9.17, 15) is 0 Å². The maximum absolute atomic E-state index is 6.29. The van der Waals surface area contributed by atoms with Gasteiger partial charge in [0, 0.05) is 12.3 Å². The Balaban J connectivity index is 0.00000225. The van der Waals surface area contributed by atoms with Crippen molar-refractivity contribution in [3.63, 3.8) is 0 Å². The molecule has 0 spiro atoms. The topological polar surface area (TPSA) is 59.1 Å². The second-order valence-electron chi connectivity index (χ2n) is 7.43. The largest absolute Gasteiger partial charge is 0.378 e. The van der Waals surface area contributed by atoms with E-state index in [0.717, 1.165) is 56.8 Å². The zero-order chi connectivity index (χ0) is 18.5. The van der Waals surface area contributed by atoms with E-state index >= 15 is 0 Å². The molecule has 2 aliphatic rings. The Kier molecular flexibility index (Phi) is 7.91. The number of benzene rings is 1. The minimum absolute atomic E-state index is 0. The van der Waals surface area contributed by atoms with Crippen LogP contribution in [0.1, 0.15) is 49.3 Å². The number of hydrogen-bond acceptors (Lipinski definition) is 5. The number of halogens is 2. The first kappa shape index (κ1) is 21.3. The Labute approximate surface area is 178 Å². The van der Waals surface area contributed by atoms with Crippen LogP contribution in [0.5, 0.6) is 0 Å². The van der Waals surface area contributed by atoms with Crippen LogP contribution in [-0.4, -0.2) is 35.8 Å². The number of ether oxygens (including phenoxy) is 1. The van der Waals surface area contributed by atoms with Crippen molar-refractivity contribution in [1.82, 2.24) is 15.3 Å². The van der Waals surface area contributed by atoms with Gasteiger partial charge in [-0.15, -0.1) is 12.4 Å². The normalized spacial score (nSPS) is 20.0. The molecular weight excluding hydrogens is 395 g/mol. The second kappa shape index (κ2) is 10.4. The highest BCUT2D eigenvalue weighted by atomic mass is 35.5. The Bertz CT molecular complexity index is 745. The highest BCUT2D eigenvalue weighted by Crippen LogP contribution is 2.27. The summed E-state index contributed by atoms with van der Waals surface area (Å²) >= 11 is 6.29. The molecule has 5 nitrogen and oxygen atoms in total. The van der Waals surface area contributed by atoms with Gasteiger partial charge in [0.2, 0.25) is 5.95 Å². The van der Waals surface area contributed by atoms with E-state index in [1.54, 1.807) is 6.20 Å². The van der Waals surface area contributed by atoms with Gasteiger partial charge in [-0.25, -0.2) is 9.97 Å². The van der Waals surface area contributed by atoms with Crippen LogP contribution in [0.15, 0.2) is 30.5 Å². The average molecular weight is 423 g/mol. The number of aryl methyl sites for hydroxylation is 1. The Morgan fingerprint density at radius 1 is 1.14 bits per heavy atom. The van der Waals surface area contributed by atoms with Crippen LogP contribution in [0, 0.1) is 0 Å². The van der Waals surface area contributed by atoms with Crippen LogP contribution in [-0.2, 0) is 11.2 Å². The predicted molar refractivity (Wildman–Crippen MR) is 116 cm³/mol. The van der Waals surface area contributed by atoms with Gasteiger partial charge in [-0.2, -0.15) is 0 Å². The first-order valence-corrected chi connectivity index (χ1v) is 10.4. The summed E-state index contributed by atoms with van der Waals surface area (Å²) in [6.45, 7) is 3.10. The summed E-state index contributed by atoms with van der Waals surface area (Å²) in [4.78, 5) is 8.96. The third kappa shape index (κ3) is 5.57. The van der Waals surface area contributed by atoms with E-state index in [0.29, 0.717) is 23.0 Å². The Hall–Kier alpha value is -1.40. The molecule has 7 heteroatoms. The standard InChI is InChI=1S/C21H27ClN4O.ClH/c22-19-14-24-21(26-20(19)8-7-18-2-1-13-27-18)25-17-5-3-15(4-6-17)16-9-11-23-12-10-16;/h3-6,14,16,18,23H,1-2,7-13H2,(H,24,25,26);1H/t18-;/m1./s1. The summed E-state index contributed by atoms with van der Waals surface area (Å²) in [5, 5.41) is 7.35. The number of hydrogen-bond donors (Lipinski definition) is 2. The van der Waals surface area contributed by atoms with E-state index in [1.165, 1.54) is 18.4 Å². The molecule has 2 saturated heterocycles. The molecule has 2 aromatic rings. The smallest absolute Gasteiger partial charge is 0.227 e. The van der Waals surface area contributed by atoms with Crippen molar-refractivity contribution in [2.24, 2.45) is 0 Å². The molecule has 152 valence electrons. The molecule has 1 atom stereocenters. The maximum Gasteiger partial charge on any atom is 0.227 e. The fraction of sp³-hybridized carbons (Fsp3) is 0.524. The van der Waals surface area contributed by atoms with E-state index < -0.39 is 0 Å². The van der Waals surface area contributed by atoms with E-state index in [-0.39, 0.29) is 12.4 Å². The zero-order valence-electron chi connectivity index (χ0n) is 16.0. The van der Waals surface area contributed by atoms with Crippen LogP contribution >= 0.6 is 24.0 Å². The molecule has 0 aliphatic carbocycles. The molecule has 0 amide bonds. The van der Waals surface area contributed by atoms with Gasteiger partial charge in [0.05, 0.1) is 23.0 Å². The van der Waals surface area contributed by atoms with Gasteiger partial charge in [-0.05, 0) is 75.2 Å². The summed E-state index contributed by atoms with van der Waals surface area (Å²) in [6, 6.07) is 8.65. The lowest BCUT2D eigenvalue weighted by Gasteiger charge is -2.23. The van der Waals surface area contributed by atoms with Crippen molar-refractivity contribution in [3.8, 4) is 0 Å². The summed E-state index contributed by atoms with van der Waals surface area (Å²) in [5.41, 5.74) is 3.30. The first-order chi connectivity index (χ1) is 13.3. The third-order valence-electron chi connectivity index (χ3n) is 5.52. The van der Waals surface area contributed by atoms with Gasteiger partial charge in [0.25, 0.3) is 0 Å². The minimum atomic E-state index is 0. The molecule has 2 aliphatic heterocycles. The predicted octanol–water partition coefficient (Wildman–Crippen LogP) is 4.87. The molecule has 28 heavy (non-hydrogen) atoms. The van der Waals surface area contributed by atoms with Crippen molar-refractivity contribution in [2.45, 2.75) is 50.5 Å². The third-order valence-corrected chi connectivity index (χ3v) is 5.84. The molecule has 3 heterocycles. The molecular formula is C21H28Cl2N4O. The molecule has 4 rings (SSSR count). The van der Waals surface area contributed by atoms with Crippen molar-refractivity contribution in [3.05, 3.63) is 46.7 Å². The van der Waals surface area contributed by atoms with Gasteiger partial charge in [-0.1, -0.05) is 23.7 Å². The van der Waals surface area contributed by atoms with Crippen LogP contribution in [0.2, 0.25) is 5.02 Å². The molecule has 2 N–H and O–H groups in total. The molecule has 1 aromatic heterocycles. The molecule has 0 unspecified atom stereocenters. The van der Waals surface area contributed by atoms with E-state index in [2.05, 4.69) is 44.9 Å². The van der Waals surface area contributed by atoms with Crippen molar-refractivity contribution in [1.29, 1.82) is 0 Å². The molecule has 2 fully saturated rings. The number of aromatic nitrogens is 2. The summed E-state index contributed by atoms with van der Waals surface area (Å²) in [5.74, 6) is 1.26. The van der Waals surface area contributed by atoms with Crippen molar-refractivity contribution >= 4 is 35.6 Å². The quantitative estimate of drug-likeness (QED) is 0.694. The van der Waals surface area contributed by atoms with Crippen LogP contribution in [0.25, 0.3) is 0 Å². The average Bonchev–Trinajstić information content (AvgIpc) is 3.23. The Morgan fingerprint density at radius 3 is 2.64 bits per heavy atom. The second-order valence-corrected chi connectivity index (χ2v) is 7.84. The maximum atomic E-state index is 6.29. The number of rotatable bonds is 6. The van der Waals surface area contributed by atoms with Crippen LogP contribution in [0.4, 0.5) is 11.6 Å². The molecule has 0 radical (unpaired) electrons. The van der Waals surface area contributed by atoms with Crippen molar-refractivity contribution < 1.29 is 4.74 Å². The number of anilines is 2. The van der Waals surface area contributed by atoms with Gasteiger partial charge in [0.1, 0.15) is 0 Å².